The van der Waals surface area contributed by atoms with Gasteiger partial charge in [-0.3, -0.25) is 0 Å². The molecule has 0 spiro atoms. The Morgan fingerprint density at radius 3 is 2.75 bits per heavy atom. The van der Waals surface area contributed by atoms with E-state index in [2.05, 4.69) is 25.7 Å². The second-order valence-electron chi connectivity index (χ2n) is 4.28. The molecule has 1 fully saturated rings. The van der Waals surface area contributed by atoms with Crippen molar-refractivity contribution in [1.82, 2.24) is 5.32 Å². The summed E-state index contributed by atoms with van der Waals surface area (Å²) in [6.45, 7) is 9.46. The molecule has 1 rings (SSSR count). The van der Waals surface area contributed by atoms with Crippen molar-refractivity contribution in [3.63, 3.8) is 0 Å². The van der Waals surface area contributed by atoms with Gasteiger partial charge in [-0.15, -0.1) is 6.58 Å². The van der Waals surface area contributed by atoms with Gasteiger partial charge in [-0.25, -0.2) is 0 Å². The van der Waals surface area contributed by atoms with E-state index in [0.717, 1.165) is 24.9 Å². The first-order valence-corrected chi connectivity index (χ1v) is 5.06. The molecule has 0 aromatic heterocycles. The van der Waals surface area contributed by atoms with Crippen LogP contribution in [-0.4, -0.2) is 12.6 Å². The fourth-order valence-corrected chi connectivity index (χ4v) is 1.88. The van der Waals surface area contributed by atoms with Crippen LogP contribution in [0.2, 0.25) is 0 Å². The van der Waals surface area contributed by atoms with E-state index >= 15 is 0 Å². The quantitative estimate of drug-likeness (QED) is 0.635. The second kappa shape index (κ2) is 4.66. The molecule has 0 radical (unpaired) electrons. The maximum absolute atomic E-state index is 3.89. The first-order chi connectivity index (χ1) is 5.68. The van der Waals surface area contributed by atoms with Gasteiger partial charge in [0.05, 0.1) is 0 Å². The minimum Gasteiger partial charge on any atom is -0.314 e. The highest BCUT2D eigenvalue weighted by atomic mass is 14.9. The van der Waals surface area contributed by atoms with E-state index in [9.17, 15) is 0 Å². The lowest BCUT2D eigenvalue weighted by Crippen LogP contribution is -2.27. The number of hydrogen-bond acceptors (Lipinski definition) is 1. The molecule has 1 nitrogen and oxygen atoms in total. The predicted octanol–water partition coefficient (Wildman–Crippen LogP) is 2.73. The van der Waals surface area contributed by atoms with Crippen LogP contribution in [0.3, 0.4) is 0 Å². The van der Waals surface area contributed by atoms with Crippen LogP contribution in [0.5, 0.6) is 0 Å². The first-order valence-electron chi connectivity index (χ1n) is 5.06. The molecule has 2 unspecified atom stereocenters. The first kappa shape index (κ1) is 9.79. The number of rotatable bonds is 4. The Labute approximate surface area is 76.2 Å². The van der Waals surface area contributed by atoms with Crippen molar-refractivity contribution in [2.45, 2.75) is 45.6 Å². The third-order valence-corrected chi connectivity index (χ3v) is 2.68. The fourth-order valence-electron chi connectivity index (χ4n) is 1.88. The van der Waals surface area contributed by atoms with Crippen LogP contribution in [0.25, 0.3) is 0 Å². The van der Waals surface area contributed by atoms with Gasteiger partial charge in [0, 0.05) is 6.04 Å². The molecule has 1 N–H and O–H groups in total. The van der Waals surface area contributed by atoms with Crippen LogP contribution in [-0.2, 0) is 0 Å². The van der Waals surface area contributed by atoms with Crippen LogP contribution >= 0.6 is 0 Å². The summed E-state index contributed by atoms with van der Waals surface area (Å²) < 4.78 is 0. The molecule has 0 aromatic rings. The lowest BCUT2D eigenvalue weighted by Gasteiger charge is -2.11. The highest BCUT2D eigenvalue weighted by Gasteiger charge is 2.19. The third kappa shape index (κ3) is 3.40. The Kier molecular flexibility index (Phi) is 3.80. The van der Waals surface area contributed by atoms with Gasteiger partial charge in [-0.05, 0) is 45.1 Å². The Morgan fingerprint density at radius 2 is 2.25 bits per heavy atom. The minimum atomic E-state index is 0.791. The molecule has 1 heteroatoms. The maximum Gasteiger partial charge on any atom is 0.00698 e. The van der Waals surface area contributed by atoms with Crippen LogP contribution in [0.1, 0.15) is 39.5 Å². The average Bonchev–Trinajstić information content (AvgIpc) is 2.35. The van der Waals surface area contributed by atoms with Crippen LogP contribution in [0.4, 0.5) is 0 Å². The predicted molar refractivity (Wildman–Crippen MR) is 54.2 cm³/mol. The van der Waals surface area contributed by atoms with Gasteiger partial charge in [-0.1, -0.05) is 12.5 Å². The molecule has 0 aromatic carbocycles. The van der Waals surface area contributed by atoms with Crippen molar-refractivity contribution >= 4 is 0 Å². The van der Waals surface area contributed by atoms with Crippen LogP contribution < -0.4 is 5.32 Å². The van der Waals surface area contributed by atoms with Crippen molar-refractivity contribution in [3.8, 4) is 0 Å². The van der Waals surface area contributed by atoms with E-state index in [4.69, 9.17) is 0 Å². The Balaban J connectivity index is 2.04. The van der Waals surface area contributed by atoms with Crippen molar-refractivity contribution < 1.29 is 0 Å². The molecule has 1 saturated carbocycles. The summed E-state index contributed by atoms with van der Waals surface area (Å²) in [6, 6.07) is 0.791. The normalized spacial score (nSPS) is 29.2. The molecule has 2 atom stereocenters. The number of hydrogen-bond donors (Lipinski definition) is 1. The summed E-state index contributed by atoms with van der Waals surface area (Å²) in [5, 5.41) is 3.58. The van der Waals surface area contributed by atoms with Gasteiger partial charge in [0.2, 0.25) is 0 Å². The lowest BCUT2D eigenvalue weighted by atomic mass is 10.1. The molecule has 70 valence electrons. The molecule has 1 aliphatic carbocycles. The van der Waals surface area contributed by atoms with E-state index in [1.807, 2.05) is 0 Å². The number of nitrogens with one attached hydrogen (secondary N) is 1. The monoisotopic (exact) mass is 167 g/mol. The van der Waals surface area contributed by atoms with Gasteiger partial charge in [0.1, 0.15) is 0 Å². The Morgan fingerprint density at radius 1 is 1.50 bits per heavy atom. The molecule has 0 bridgehead atoms. The van der Waals surface area contributed by atoms with Crippen molar-refractivity contribution in [2.75, 3.05) is 6.54 Å². The van der Waals surface area contributed by atoms with Crippen LogP contribution in [0, 0.1) is 5.92 Å². The molecular formula is C11H21N. The molecule has 0 amide bonds. The topological polar surface area (TPSA) is 12.0 Å². The molecule has 0 saturated heterocycles. The maximum atomic E-state index is 3.89. The highest BCUT2D eigenvalue weighted by Crippen LogP contribution is 2.24. The summed E-state index contributed by atoms with van der Waals surface area (Å²) >= 11 is 0. The van der Waals surface area contributed by atoms with Gasteiger partial charge in [-0.2, -0.15) is 0 Å². The van der Waals surface area contributed by atoms with Gasteiger partial charge >= 0.3 is 0 Å². The fraction of sp³-hybridized carbons (Fsp3) is 0.818. The zero-order valence-electron chi connectivity index (χ0n) is 8.40. The van der Waals surface area contributed by atoms with E-state index in [-0.39, 0.29) is 0 Å². The second-order valence-corrected chi connectivity index (χ2v) is 4.28. The van der Waals surface area contributed by atoms with Gasteiger partial charge in [0.25, 0.3) is 0 Å². The summed E-state index contributed by atoms with van der Waals surface area (Å²) in [5.41, 5.74) is 1.29. The standard InChI is InChI=1S/C11H21N/c1-9(2)6-7-12-11-5-4-10(3)8-11/h10-12H,1,4-8H2,2-3H3. The van der Waals surface area contributed by atoms with E-state index in [1.54, 1.807) is 0 Å². The minimum absolute atomic E-state index is 0.791. The molecule has 0 aliphatic heterocycles. The molecular weight excluding hydrogens is 146 g/mol. The van der Waals surface area contributed by atoms with Crippen molar-refractivity contribution in [3.05, 3.63) is 12.2 Å². The van der Waals surface area contributed by atoms with Crippen molar-refractivity contribution in [2.24, 2.45) is 5.92 Å². The Hall–Kier alpha value is -0.300. The smallest absolute Gasteiger partial charge is 0.00698 e. The van der Waals surface area contributed by atoms with Gasteiger partial charge < -0.3 is 5.32 Å². The molecule has 1 aliphatic rings. The van der Waals surface area contributed by atoms with E-state index in [1.165, 1.54) is 24.8 Å². The lowest BCUT2D eigenvalue weighted by molar-refractivity contribution is 0.505. The SMILES string of the molecule is C=C(C)CCNC1CCC(C)C1. The Bertz CT molecular complexity index is 151. The third-order valence-electron chi connectivity index (χ3n) is 2.68. The highest BCUT2D eigenvalue weighted by molar-refractivity contribution is 4.89. The zero-order valence-corrected chi connectivity index (χ0v) is 8.40. The average molecular weight is 167 g/mol. The van der Waals surface area contributed by atoms with Gasteiger partial charge in [0.15, 0.2) is 0 Å². The zero-order chi connectivity index (χ0) is 8.97. The molecule has 12 heavy (non-hydrogen) atoms. The van der Waals surface area contributed by atoms with Crippen LogP contribution in [0.15, 0.2) is 12.2 Å². The summed E-state index contributed by atoms with van der Waals surface area (Å²) in [7, 11) is 0. The van der Waals surface area contributed by atoms with E-state index < -0.39 is 0 Å². The van der Waals surface area contributed by atoms with Crippen molar-refractivity contribution in [1.29, 1.82) is 0 Å². The summed E-state index contributed by atoms with van der Waals surface area (Å²) in [4.78, 5) is 0. The van der Waals surface area contributed by atoms with E-state index in [0.29, 0.717) is 0 Å². The summed E-state index contributed by atoms with van der Waals surface area (Å²) in [5.74, 6) is 0.937. The largest absolute Gasteiger partial charge is 0.314 e. The summed E-state index contributed by atoms with van der Waals surface area (Å²) in [6.07, 6.45) is 5.28. The molecule has 0 heterocycles.